The minimum absolute atomic E-state index is 0.0211. The highest BCUT2D eigenvalue weighted by Crippen LogP contribution is 2.44. The van der Waals surface area contributed by atoms with E-state index in [1.807, 2.05) is 0 Å². The maximum atomic E-state index is 12.3. The SMILES string of the molecule is CCCCCC(=O)N(C)CC(=O)NCC1[C@@H](C/C=C\CCCC(=O)O)[C@@H]2CC[C@H]1O2. The van der Waals surface area contributed by atoms with Crippen molar-refractivity contribution in [2.24, 2.45) is 11.8 Å². The predicted octanol–water partition coefficient (Wildman–Crippen LogP) is 3.14. The number of carboxylic acid groups (broad SMARTS) is 1. The van der Waals surface area contributed by atoms with Crippen molar-refractivity contribution in [1.29, 1.82) is 0 Å². The first-order valence-electron chi connectivity index (χ1n) is 11.4. The molecule has 170 valence electrons. The number of amides is 2. The smallest absolute Gasteiger partial charge is 0.303 e. The van der Waals surface area contributed by atoms with Crippen LogP contribution in [0.15, 0.2) is 12.2 Å². The van der Waals surface area contributed by atoms with Gasteiger partial charge in [0.25, 0.3) is 0 Å². The fourth-order valence-electron chi connectivity index (χ4n) is 4.53. The molecule has 2 aliphatic rings. The second-order valence-electron chi connectivity index (χ2n) is 8.62. The molecule has 2 saturated heterocycles. The van der Waals surface area contributed by atoms with Crippen LogP contribution in [-0.2, 0) is 19.1 Å². The van der Waals surface area contributed by atoms with Crippen LogP contribution in [0.1, 0.15) is 71.1 Å². The van der Waals surface area contributed by atoms with Gasteiger partial charge >= 0.3 is 5.97 Å². The summed E-state index contributed by atoms with van der Waals surface area (Å²) in [5.74, 6) is -0.177. The Balaban J connectivity index is 1.73. The van der Waals surface area contributed by atoms with Crippen LogP contribution in [0.5, 0.6) is 0 Å². The number of nitrogens with zero attached hydrogens (tertiary/aromatic N) is 1. The number of rotatable bonds is 14. The van der Waals surface area contributed by atoms with Crippen molar-refractivity contribution in [3.63, 3.8) is 0 Å². The molecule has 0 aromatic rings. The molecule has 2 aliphatic heterocycles. The van der Waals surface area contributed by atoms with Gasteiger partial charge in [0.05, 0.1) is 18.8 Å². The highest BCUT2D eigenvalue weighted by atomic mass is 16.5. The van der Waals surface area contributed by atoms with E-state index in [1.165, 1.54) is 4.90 Å². The third kappa shape index (κ3) is 7.74. The third-order valence-electron chi connectivity index (χ3n) is 6.26. The number of fused-ring (bicyclic) bond motifs is 2. The molecule has 0 aromatic heterocycles. The summed E-state index contributed by atoms with van der Waals surface area (Å²) < 4.78 is 6.09. The second-order valence-corrected chi connectivity index (χ2v) is 8.62. The lowest BCUT2D eigenvalue weighted by Gasteiger charge is -2.27. The highest BCUT2D eigenvalue weighted by Gasteiger charge is 2.47. The zero-order valence-corrected chi connectivity index (χ0v) is 18.5. The summed E-state index contributed by atoms with van der Waals surface area (Å²) in [4.78, 5) is 36.5. The average Bonchev–Trinajstić information content (AvgIpc) is 3.30. The lowest BCUT2D eigenvalue weighted by Crippen LogP contribution is -2.43. The molecule has 4 atom stereocenters. The van der Waals surface area contributed by atoms with E-state index in [0.29, 0.717) is 31.2 Å². The third-order valence-corrected chi connectivity index (χ3v) is 6.26. The highest BCUT2D eigenvalue weighted by molar-refractivity contribution is 5.84. The van der Waals surface area contributed by atoms with Gasteiger partial charge in [-0.1, -0.05) is 31.9 Å². The molecule has 2 heterocycles. The Kier molecular flexibility index (Phi) is 10.3. The molecule has 2 amide bonds. The van der Waals surface area contributed by atoms with E-state index in [4.69, 9.17) is 9.84 Å². The molecule has 0 radical (unpaired) electrons. The Labute approximate surface area is 180 Å². The van der Waals surface area contributed by atoms with Gasteiger partial charge in [0.2, 0.25) is 11.8 Å². The van der Waals surface area contributed by atoms with Crippen molar-refractivity contribution in [2.45, 2.75) is 83.3 Å². The summed E-state index contributed by atoms with van der Waals surface area (Å²) in [6.07, 6.45) is 12.8. The minimum atomic E-state index is -0.756. The number of allylic oxidation sites excluding steroid dienone is 2. The molecule has 7 nitrogen and oxygen atoms in total. The standard InChI is InChI=1S/C23H38N2O5/c1-3-4-7-11-22(27)25(2)16-21(26)24-15-18-17(19-13-14-20(18)30-19)10-8-5-6-9-12-23(28)29/h5,8,17-20H,3-4,6-7,9-16H2,1-2H3,(H,24,26)(H,28,29)/b8-5-/t17-,18?,19+,20-/m1/s1. The van der Waals surface area contributed by atoms with Crippen LogP contribution in [-0.4, -0.2) is 60.1 Å². The van der Waals surface area contributed by atoms with Crippen LogP contribution >= 0.6 is 0 Å². The molecular formula is C23H38N2O5. The number of nitrogens with one attached hydrogen (secondary N) is 1. The first-order valence-corrected chi connectivity index (χ1v) is 11.4. The lowest BCUT2D eigenvalue weighted by molar-refractivity contribution is -0.137. The summed E-state index contributed by atoms with van der Waals surface area (Å²) in [6.45, 7) is 2.78. The number of carboxylic acids is 1. The Bertz CT molecular complexity index is 606. The van der Waals surface area contributed by atoms with Crippen molar-refractivity contribution in [3.05, 3.63) is 12.2 Å². The fraction of sp³-hybridized carbons (Fsp3) is 0.783. The van der Waals surface area contributed by atoms with Crippen molar-refractivity contribution in [2.75, 3.05) is 20.1 Å². The van der Waals surface area contributed by atoms with E-state index in [1.54, 1.807) is 7.05 Å². The molecule has 2 bridgehead atoms. The predicted molar refractivity (Wildman–Crippen MR) is 115 cm³/mol. The molecular weight excluding hydrogens is 384 g/mol. The second kappa shape index (κ2) is 12.7. The van der Waals surface area contributed by atoms with E-state index in [0.717, 1.165) is 44.9 Å². The van der Waals surface area contributed by atoms with E-state index >= 15 is 0 Å². The monoisotopic (exact) mass is 422 g/mol. The van der Waals surface area contributed by atoms with Crippen molar-refractivity contribution < 1.29 is 24.2 Å². The minimum Gasteiger partial charge on any atom is -0.481 e. The van der Waals surface area contributed by atoms with E-state index in [-0.39, 0.29) is 37.0 Å². The van der Waals surface area contributed by atoms with Gasteiger partial charge in [-0.25, -0.2) is 0 Å². The van der Waals surface area contributed by atoms with Gasteiger partial charge in [0, 0.05) is 32.4 Å². The molecule has 2 rings (SSSR count). The molecule has 7 heteroatoms. The summed E-state index contributed by atoms with van der Waals surface area (Å²) >= 11 is 0. The van der Waals surface area contributed by atoms with Crippen molar-refractivity contribution in [3.8, 4) is 0 Å². The van der Waals surface area contributed by atoms with Crippen LogP contribution in [0, 0.1) is 11.8 Å². The van der Waals surface area contributed by atoms with E-state index in [2.05, 4.69) is 24.4 Å². The quantitative estimate of drug-likeness (QED) is 0.331. The zero-order chi connectivity index (χ0) is 21.9. The van der Waals surface area contributed by atoms with Crippen LogP contribution in [0.3, 0.4) is 0 Å². The Morgan fingerprint density at radius 3 is 2.50 bits per heavy atom. The van der Waals surface area contributed by atoms with E-state index in [9.17, 15) is 14.4 Å². The molecule has 2 N–H and O–H groups in total. The molecule has 0 aliphatic carbocycles. The van der Waals surface area contributed by atoms with Gasteiger partial charge in [-0.3, -0.25) is 14.4 Å². The van der Waals surface area contributed by atoms with Crippen molar-refractivity contribution in [1.82, 2.24) is 10.2 Å². The van der Waals surface area contributed by atoms with Gasteiger partial charge < -0.3 is 20.1 Å². The first-order chi connectivity index (χ1) is 14.4. The summed E-state index contributed by atoms with van der Waals surface area (Å²) in [5, 5.41) is 11.7. The maximum Gasteiger partial charge on any atom is 0.303 e. The number of ether oxygens (including phenoxy) is 1. The van der Waals surface area contributed by atoms with Gasteiger partial charge in [0.15, 0.2) is 0 Å². The Hall–Kier alpha value is -1.89. The maximum absolute atomic E-state index is 12.3. The largest absolute Gasteiger partial charge is 0.481 e. The first kappa shape index (κ1) is 24.4. The number of unbranched alkanes of at least 4 members (excludes halogenated alkanes) is 3. The number of carbonyl (C=O) groups is 3. The average molecular weight is 423 g/mol. The van der Waals surface area contributed by atoms with Gasteiger partial charge in [-0.2, -0.15) is 0 Å². The molecule has 0 saturated carbocycles. The van der Waals surface area contributed by atoms with Crippen molar-refractivity contribution >= 4 is 17.8 Å². The zero-order valence-electron chi connectivity index (χ0n) is 18.5. The van der Waals surface area contributed by atoms with Crippen LogP contribution in [0.4, 0.5) is 0 Å². The number of likely N-dealkylation sites (N-methyl/N-ethyl adjacent to an activating group) is 1. The van der Waals surface area contributed by atoms with Crippen LogP contribution < -0.4 is 5.32 Å². The molecule has 2 fully saturated rings. The molecule has 0 aromatic carbocycles. The normalized spacial score (nSPS) is 25.0. The fourth-order valence-corrected chi connectivity index (χ4v) is 4.53. The van der Waals surface area contributed by atoms with Crippen LogP contribution in [0.2, 0.25) is 0 Å². The van der Waals surface area contributed by atoms with E-state index < -0.39 is 5.97 Å². The summed E-state index contributed by atoms with van der Waals surface area (Å²) in [6, 6.07) is 0. The molecule has 0 spiro atoms. The topological polar surface area (TPSA) is 95.9 Å². The number of aliphatic carboxylic acids is 1. The van der Waals surface area contributed by atoms with Crippen LogP contribution in [0.25, 0.3) is 0 Å². The lowest BCUT2D eigenvalue weighted by atomic mass is 9.77. The Morgan fingerprint density at radius 2 is 1.80 bits per heavy atom. The van der Waals surface area contributed by atoms with Gasteiger partial charge in [0.1, 0.15) is 0 Å². The number of carbonyl (C=O) groups excluding carboxylic acids is 2. The van der Waals surface area contributed by atoms with Gasteiger partial charge in [-0.15, -0.1) is 0 Å². The number of hydrogen-bond acceptors (Lipinski definition) is 4. The molecule has 30 heavy (non-hydrogen) atoms. The van der Waals surface area contributed by atoms with Gasteiger partial charge in [-0.05, 0) is 44.4 Å². The Morgan fingerprint density at radius 1 is 1.07 bits per heavy atom. The molecule has 1 unspecified atom stereocenters. The summed E-state index contributed by atoms with van der Waals surface area (Å²) in [5.41, 5.74) is 0. The number of hydrogen-bond donors (Lipinski definition) is 2. The summed E-state index contributed by atoms with van der Waals surface area (Å²) in [7, 11) is 1.69.